The lowest BCUT2D eigenvalue weighted by Gasteiger charge is -2.44. The van der Waals surface area contributed by atoms with Crippen molar-refractivity contribution in [2.45, 2.75) is 36.4 Å². The molecule has 2 N–H and O–H groups in total. The number of phenols is 1. The van der Waals surface area contributed by atoms with Crippen LogP contribution in [0.3, 0.4) is 0 Å². The monoisotopic (exact) mass is 371 g/mol. The number of aromatic nitrogens is 2. The van der Waals surface area contributed by atoms with Crippen molar-refractivity contribution in [3.8, 4) is 5.75 Å². The smallest absolute Gasteiger partial charge is 0.244 e. The molecule has 1 saturated carbocycles. The average molecular weight is 372 g/mol. The van der Waals surface area contributed by atoms with Gasteiger partial charge in [-0.3, -0.25) is 4.68 Å². The van der Waals surface area contributed by atoms with E-state index in [2.05, 4.69) is 9.82 Å². The first-order valence-electron chi connectivity index (χ1n) is 7.54. The van der Waals surface area contributed by atoms with E-state index in [0.717, 1.165) is 0 Å². The van der Waals surface area contributed by atoms with Gasteiger partial charge in [-0.05, 0) is 31.5 Å². The summed E-state index contributed by atoms with van der Waals surface area (Å²) in [4.78, 5) is -0.242. The Morgan fingerprint density at radius 1 is 1.46 bits per heavy atom. The number of ether oxygens (including phenoxy) is 1. The molecule has 3 rings (SSSR count). The minimum absolute atomic E-state index is 0.0118. The van der Waals surface area contributed by atoms with Gasteiger partial charge in [0.2, 0.25) is 10.0 Å². The highest BCUT2D eigenvalue weighted by molar-refractivity contribution is 7.89. The zero-order chi connectivity index (χ0) is 17.3. The fourth-order valence-corrected chi connectivity index (χ4v) is 4.49. The highest BCUT2D eigenvalue weighted by Crippen LogP contribution is 2.37. The molecule has 0 saturated heterocycles. The molecule has 0 spiro atoms. The van der Waals surface area contributed by atoms with E-state index in [-0.39, 0.29) is 28.1 Å². The molecule has 1 aliphatic rings. The lowest BCUT2D eigenvalue weighted by Crippen LogP contribution is -2.56. The second kappa shape index (κ2) is 6.72. The number of hydrogen-bond acceptors (Lipinski definition) is 5. The highest BCUT2D eigenvalue weighted by atomic mass is 35.5. The zero-order valence-electron chi connectivity index (χ0n) is 13.0. The van der Waals surface area contributed by atoms with Crippen LogP contribution in [-0.2, 0) is 14.8 Å². The van der Waals surface area contributed by atoms with Gasteiger partial charge in [0, 0.05) is 25.0 Å². The SMILES string of the molecule is CCOC1CC(NS(=O)(=O)c2cccc(Cl)c2O)C1n1cccn1. The Kier molecular flexibility index (Phi) is 4.82. The zero-order valence-corrected chi connectivity index (χ0v) is 14.5. The molecule has 0 bridgehead atoms. The molecule has 7 nitrogen and oxygen atoms in total. The molecule has 1 aliphatic carbocycles. The molecule has 0 amide bonds. The number of halogens is 1. The van der Waals surface area contributed by atoms with Crippen LogP contribution in [0, 0.1) is 0 Å². The lowest BCUT2D eigenvalue weighted by molar-refractivity contribution is -0.0551. The number of nitrogens with zero attached hydrogens (tertiary/aromatic N) is 2. The van der Waals surface area contributed by atoms with E-state index >= 15 is 0 Å². The molecule has 3 unspecified atom stereocenters. The number of aromatic hydroxyl groups is 1. The number of sulfonamides is 1. The number of hydrogen-bond donors (Lipinski definition) is 2. The molecular weight excluding hydrogens is 354 g/mol. The van der Waals surface area contributed by atoms with Crippen LogP contribution in [0.1, 0.15) is 19.4 Å². The third-order valence-electron chi connectivity index (χ3n) is 4.04. The van der Waals surface area contributed by atoms with Gasteiger partial charge < -0.3 is 9.84 Å². The molecule has 9 heteroatoms. The van der Waals surface area contributed by atoms with Crippen molar-refractivity contribution in [2.24, 2.45) is 0 Å². The highest BCUT2D eigenvalue weighted by Gasteiger charge is 2.45. The van der Waals surface area contributed by atoms with Crippen LogP contribution < -0.4 is 4.72 Å². The predicted molar refractivity (Wildman–Crippen MR) is 88.5 cm³/mol. The van der Waals surface area contributed by atoms with Crippen molar-refractivity contribution in [2.75, 3.05) is 6.61 Å². The molecule has 1 aromatic carbocycles. The maximum absolute atomic E-state index is 12.6. The first-order valence-corrected chi connectivity index (χ1v) is 9.40. The van der Waals surface area contributed by atoms with Crippen molar-refractivity contribution in [3.05, 3.63) is 41.7 Å². The lowest BCUT2D eigenvalue weighted by atomic mass is 9.83. The van der Waals surface area contributed by atoms with E-state index in [9.17, 15) is 13.5 Å². The van der Waals surface area contributed by atoms with Crippen LogP contribution in [0.2, 0.25) is 5.02 Å². The molecule has 24 heavy (non-hydrogen) atoms. The molecule has 2 aromatic rings. The normalized spacial score (nSPS) is 23.8. The van der Waals surface area contributed by atoms with Crippen molar-refractivity contribution >= 4 is 21.6 Å². The molecule has 1 aromatic heterocycles. The van der Waals surface area contributed by atoms with Gasteiger partial charge in [-0.1, -0.05) is 17.7 Å². The summed E-state index contributed by atoms with van der Waals surface area (Å²) >= 11 is 5.80. The molecule has 3 atom stereocenters. The minimum atomic E-state index is -3.92. The summed E-state index contributed by atoms with van der Waals surface area (Å²) in [6.45, 7) is 2.43. The number of benzene rings is 1. The van der Waals surface area contributed by atoms with Gasteiger partial charge in [-0.25, -0.2) is 13.1 Å². The molecular formula is C15H18ClN3O4S. The van der Waals surface area contributed by atoms with Gasteiger partial charge in [-0.15, -0.1) is 0 Å². The molecule has 130 valence electrons. The first-order chi connectivity index (χ1) is 11.4. The van der Waals surface area contributed by atoms with Crippen LogP contribution in [-0.4, -0.2) is 42.1 Å². The summed E-state index contributed by atoms with van der Waals surface area (Å²) in [7, 11) is -3.92. The summed E-state index contributed by atoms with van der Waals surface area (Å²) in [5.74, 6) is -0.456. The largest absolute Gasteiger partial charge is 0.505 e. The number of nitrogens with one attached hydrogen (secondary N) is 1. The summed E-state index contributed by atoms with van der Waals surface area (Å²) < 4.78 is 35.1. The van der Waals surface area contributed by atoms with Crippen LogP contribution in [0.15, 0.2) is 41.6 Å². The summed E-state index contributed by atoms with van der Waals surface area (Å²) in [5.41, 5.74) is 0. The van der Waals surface area contributed by atoms with Crippen molar-refractivity contribution < 1.29 is 18.3 Å². The van der Waals surface area contributed by atoms with Crippen LogP contribution in [0.4, 0.5) is 0 Å². The van der Waals surface area contributed by atoms with Gasteiger partial charge in [0.1, 0.15) is 4.90 Å². The summed E-state index contributed by atoms with van der Waals surface area (Å²) in [6.07, 6.45) is 3.82. The van der Waals surface area contributed by atoms with Gasteiger partial charge in [0.25, 0.3) is 0 Å². The number of para-hydroxylation sites is 1. The Hall–Kier alpha value is -1.61. The van der Waals surface area contributed by atoms with Gasteiger partial charge in [0.05, 0.1) is 17.2 Å². The summed E-state index contributed by atoms with van der Waals surface area (Å²) in [5, 5.41) is 14.1. The van der Waals surface area contributed by atoms with E-state index in [0.29, 0.717) is 13.0 Å². The van der Waals surface area contributed by atoms with E-state index in [4.69, 9.17) is 16.3 Å². The molecule has 1 heterocycles. The average Bonchev–Trinajstić information content (AvgIpc) is 3.02. The maximum atomic E-state index is 12.6. The van der Waals surface area contributed by atoms with Crippen molar-refractivity contribution in [1.29, 1.82) is 0 Å². The predicted octanol–water partition coefficient (Wildman–Crippen LogP) is 1.94. The number of phenolic OH excluding ortho intramolecular Hbond substituents is 1. The topological polar surface area (TPSA) is 93.5 Å². The van der Waals surface area contributed by atoms with Gasteiger partial charge >= 0.3 is 0 Å². The minimum Gasteiger partial charge on any atom is -0.505 e. The third kappa shape index (κ3) is 3.14. The second-order valence-electron chi connectivity index (χ2n) is 5.52. The molecule has 1 fully saturated rings. The fourth-order valence-electron chi connectivity index (χ4n) is 2.88. The molecule has 0 aliphatic heterocycles. The van der Waals surface area contributed by atoms with E-state index in [1.807, 2.05) is 6.92 Å². The van der Waals surface area contributed by atoms with E-state index < -0.39 is 15.8 Å². The Morgan fingerprint density at radius 3 is 2.92 bits per heavy atom. The van der Waals surface area contributed by atoms with Gasteiger partial charge in [-0.2, -0.15) is 5.10 Å². The Morgan fingerprint density at radius 2 is 2.25 bits per heavy atom. The van der Waals surface area contributed by atoms with Crippen LogP contribution in [0.25, 0.3) is 0 Å². The standard InChI is InChI=1S/C15H18ClN3O4S/c1-2-23-12-9-11(14(12)19-8-4-7-17-19)18-24(21,22)13-6-3-5-10(16)15(13)20/h3-8,11-12,14,18,20H,2,9H2,1H3. The van der Waals surface area contributed by atoms with Gasteiger partial charge in [0.15, 0.2) is 5.75 Å². The number of rotatable bonds is 6. The van der Waals surface area contributed by atoms with Crippen molar-refractivity contribution in [1.82, 2.24) is 14.5 Å². The maximum Gasteiger partial charge on any atom is 0.244 e. The first kappa shape index (κ1) is 17.2. The molecule has 0 radical (unpaired) electrons. The Balaban J connectivity index is 1.83. The van der Waals surface area contributed by atoms with Crippen LogP contribution in [0.5, 0.6) is 5.75 Å². The summed E-state index contributed by atoms with van der Waals surface area (Å²) in [6, 6.07) is 5.37. The van der Waals surface area contributed by atoms with Crippen molar-refractivity contribution in [3.63, 3.8) is 0 Å². The Labute approximate surface area is 145 Å². The van der Waals surface area contributed by atoms with E-state index in [1.54, 1.807) is 23.1 Å². The van der Waals surface area contributed by atoms with Crippen LogP contribution >= 0.6 is 11.6 Å². The second-order valence-corrected chi connectivity index (χ2v) is 7.61. The Bertz CT molecular complexity index is 810. The quantitative estimate of drug-likeness (QED) is 0.809. The van der Waals surface area contributed by atoms with E-state index in [1.165, 1.54) is 18.2 Å². The third-order valence-corrected chi connectivity index (χ3v) is 5.86. The fraction of sp³-hybridized carbons (Fsp3) is 0.400.